The Labute approximate surface area is 57.2 Å². The van der Waals surface area contributed by atoms with E-state index in [1.54, 1.807) is 0 Å². The first-order valence-electron chi connectivity index (χ1n) is 3.79. The maximum Gasteiger partial charge on any atom is 0.0484 e. The van der Waals surface area contributed by atoms with Crippen LogP contribution in [0.25, 0.3) is 0 Å². The molecule has 1 fully saturated rings. The van der Waals surface area contributed by atoms with Crippen LogP contribution in [0, 0.1) is 0 Å². The molecular weight excluding hydrogens is 112 g/mol. The van der Waals surface area contributed by atoms with Crippen LogP contribution in [0.5, 0.6) is 0 Å². The molecule has 1 N–H and O–H groups in total. The first-order chi connectivity index (χ1) is 4.34. The zero-order chi connectivity index (χ0) is 6.69. The van der Waals surface area contributed by atoms with Crippen LogP contribution in [0.15, 0.2) is 0 Å². The molecule has 0 spiro atoms. The summed E-state index contributed by atoms with van der Waals surface area (Å²) in [4.78, 5) is 2.47. The van der Waals surface area contributed by atoms with Gasteiger partial charge in [-0.2, -0.15) is 0 Å². The molecule has 0 bridgehead atoms. The van der Waals surface area contributed by atoms with Crippen molar-refractivity contribution in [3.8, 4) is 0 Å². The standard InChI is InChI=1S/C7H16N2/c1-3-4-9-6-8-5-7(9)2/h7-8H,3-6H2,1-2H3. The van der Waals surface area contributed by atoms with Gasteiger partial charge in [0.1, 0.15) is 0 Å². The first-order valence-corrected chi connectivity index (χ1v) is 3.79. The second-order valence-electron chi connectivity index (χ2n) is 2.77. The molecule has 1 unspecified atom stereocenters. The van der Waals surface area contributed by atoms with Gasteiger partial charge < -0.3 is 5.32 Å². The molecule has 1 atom stereocenters. The maximum absolute atomic E-state index is 3.33. The van der Waals surface area contributed by atoms with E-state index in [9.17, 15) is 0 Å². The average molecular weight is 128 g/mol. The summed E-state index contributed by atoms with van der Waals surface area (Å²) in [5, 5.41) is 3.33. The van der Waals surface area contributed by atoms with E-state index in [2.05, 4.69) is 24.1 Å². The van der Waals surface area contributed by atoms with Crippen LogP contribution in [0.4, 0.5) is 0 Å². The van der Waals surface area contributed by atoms with Gasteiger partial charge in [0.25, 0.3) is 0 Å². The quantitative estimate of drug-likeness (QED) is 0.587. The van der Waals surface area contributed by atoms with E-state index in [-0.39, 0.29) is 0 Å². The second-order valence-corrected chi connectivity index (χ2v) is 2.77. The van der Waals surface area contributed by atoms with Crippen molar-refractivity contribution in [2.24, 2.45) is 0 Å². The topological polar surface area (TPSA) is 15.3 Å². The largest absolute Gasteiger partial charge is 0.303 e. The van der Waals surface area contributed by atoms with E-state index >= 15 is 0 Å². The number of hydrogen-bond acceptors (Lipinski definition) is 2. The molecule has 1 aliphatic rings. The van der Waals surface area contributed by atoms with E-state index in [0.29, 0.717) is 0 Å². The minimum atomic E-state index is 0.755. The van der Waals surface area contributed by atoms with Gasteiger partial charge in [0.05, 0.1) is 0 Å². The monoisotopic (exact) mass is 128 g/mol. The van der Waals surface area contributed by atoms with E-state index in [4.69, 9.17) is 0 Å². The predicted octanol–water partition coefficient (Wildman–Crippen LogP) is 0.648. The third kappa shape index (κ3) is 1.66. The van der Waals surface area contributed by atoms with Crippen LogP contribution in [0.1, 0.15) is 20.3 Å². The number of rotatable bonds is 2. The third-order valence-electron chi connectivity index (χ3n) is 1.89. The average Bonchev–Trinajstić information content (AvgIpc) is 2.18. The maximum atomic E-state index is 3.33. The van der Waals surface area contributed by atoms with Gasteiger partial charge in [0, 0.05) is 19.3 Å². The fourth-order valence-corrected chi connectivity index (χ4v) is 1.29. The third-order valence-corrected chi connectivity index (χ3v) is 1.89. The van der Waals surface area contributed by atoms with Gasteiger partial charge in [-0.25, -0.2) is 0 Å². The first kappa shape index (κ1) is 7.03. The van der Waals surface area contributed by atoms with Crippen molar-refractivity contribution in [3.63, 3.8) is 0 Å². The fourth-order valence-electron chi connectivity index (χ4n) is 1.29. The van der Waals surface area contributed by atoms with Crippen molar-refractivity contribution >= 4 is 0 Å². The van der Waals surface area contributed by atoms with Crippen LogP contribution in [0.3, 0.4) is 0 Å². The lowest BCUT2D eigenvalue weighted by Gasteiger charge is -2.17. The SMILES string of the molecule is CCCN1CNCC1C. The Hall–Kier alpha value is -0.0800. The molecule has 1 aliphatic heterocycles. The summed E-state index contributed by atoms with van der Waals surface area (Å²) < 4.78 is 0. The van der Waals surface area contributed by atoms with Gasteiger partial charge in [-0.05, 0) is 19.9 Å². The molecule has 1 saturated heterocycles. The molecule has 0 aromatic carbocycles. The Kier molecular flexibility index (Phi) is 2.49. The molecule has 9 heavy (non-hydrogen) atoms. The van der Waals surface area contributed by atoms with Crippen LogP contribution in [-0.4, -0.2) is 30.7 Å². The zero-order valence-electron chi connectivity index (χ0n) is 6.35. The Morgan fingerprint density at radius 1 is 1.67 bits per heavy atom. The van der Waals surface area contributed by atoms with Crippen molar-refractivity contribution in [1.82, 2.24) is 10.2 Å². The van der Waals surface area contributed by atoms with E-state index < -0.39 is 0 Å². The Bertz CT molecular complexity index is 83.0. The summed E-state index contributed by atoms with van der Waals surface area (Å²) in [6.45, 7) is 8.00. The molecule has 2 heteroatoms. The lowest BCUT2D eigenvalue weighted by atomic mass is 10.3. The molecule has 0 saturated carbocycles. The van der Waals surface area contributed by atoms with Gasteiger partial charge >= 0.3 is 0 Å². The fraction of sp³-hybridized carbons (Fsp3) is 1.00. The van der Waals surface area contributed by atoms with Gasteiger partial charge in [0.2, 0.25) is 0 Å². The van der Waals surface area contributed by atoms with Crippen molar-refractivity contribution in [1.29, 1.82) is 0 Å². The summed E-state index contributed by atoms with van der Waals surface area (Å²) in [5.41, 5.74) is 0. The lowest BCUT2D eigenvalue weighted by molar-refractivity contribution is 0.272. The number of nitrogens with one attached hydrogen (secondary N) is 1. The number of nitrogens with zero attached hydrogens (tertiary/aromatic N) is 1. The molecule has 0 radical (unpaired) electrons. The second kappa shape index (κ2) is 3.18. The lowest BCUT2D eigenvalue weighted by Crippen LogP contribution is -2.28. The predicted molar refractivity (Wildman–Crippen MR) is 39.3 cm³/mol. The summed E-state index contributed by atoms with van der Waals surface area (Å²) >= 11 is 0. The molecule has 54 valence electrons. The molecule has 1 rings (SSSR count). The Morgan fingerprint density at radius 2 is 2.44 bits per heavy atom. The molecule has 0 aromatic rings. The molecule has 2 nitrogen and oxygen atoms in total. The zero-order valence-corrected chi connectivity index (χ0v) is 6.35. The molecular formula is C7H16N2. The van der Waals surface area contributed by atoms with E-state index in [1.165, 1.54) is 19.5 Å². The highest BCUT2D eigenvalue weighted by Crippen LogP contribution is 2.02. The molecule has 1 heterocycles. The summed E-state index contributed by atoms with van der Waals surface area (Å²) in [5.74, 6) is 0. The highest BCUT2D eigenvalue weighted by Gasteiger charge is 2.17. The van der Waals surface area contributed by atoms with E-state index in [0.717, 1.165) is 12.7 Å². The Morgan fingerprint density at radius 3 is 2.89 bits per heavy atom. The van der Waals surface area contributed by atoms with Crippen LogP contribution in [-0.2, 0) is 0 Å². The summed E-state index contributed by atoms with van der Waals surface area (Å²) in [7, 11) is 0. The van der Waals surface area contributed by atoms with Crippen LogP contribution in [0.2, 0.25) is 0 Å². The normalized spacial score (nSPS) is 29.3. The minimum absolute atomic E-state index is 0.755. The van der Waals surface area contributed by atoms with Gasteiger partial charge in [0.15, 0.2) is 0 Å². The van der Waals surface area contributed by atoms with Crippen molar-refractivity contribution < 1.29 is 0 Å². The van der Waals surface area contributed by atoms with Gasteiger partial charge in [-0.3, -0.25) is 4.90 Å². The van der Waals surface area contributed by atoms with Gasteiger partial charge in [-0.1, -0.05) is 6.92 Å². The van der Waals surface area contributed by atoms with Crippen LogP contribution < -0.4 is 5.32 Å². The smallest absolute Gasteiger partial charge is 0.0484 e. The van der Waals surface area contributed by atoms with E-state index in [1.807, 2.05) is 0 Å². The Balaban J connectivity index is 2.22. The minimum Gasteiger partial charge on any atom is -0.303 e. The molecule has 0 aliphatic carbocycles. The summed E-state index contributed by atoms with van der Waals surface area (Å²) in [6.07, 6.45) is 1.27. The van der Waals surface area contributed by atoms with Crippen molar-refractivity contribution in [2.45, 2.75) is 26.3 Å². The molecule has 0 amide bonds. The highest BCUT2D eigenvalue weighted by atomic mass is 15.3. The molecule has 0 aromatic heterocycles. The number of hydrogen-bond donors (Lipinski definition) is 1. The summed E-state index contributed by atoms with van der Waals surface area (Å²) in [6, 6.07) is 0.755. The highest BCUT2D eigenvalue weighted by molar-refractivity contribution is 4.74. The van der Waals surface area contributed by atoms with Crippen LogP contribution >= 0.6 is 0 Å². The van der Waals surface area contributed by atoms with Crippen molar-refractivity contribution in [3.05, 3.63) is 0 Å². The van der Waals surface area contributed by atoms with Crippen molar-refractivity contribution in [2.75, 3.05) is 19.8 Å². The van der Waals surface area contributed by atoms with Gasteiger partial charge in [-0.15, -0.1) is 0 Å².